The van der Waals surface area contributed by atoms with Crippen molar-refractivity contribution in [1.29, 1.82) is 0 Å². The van der Waals surface area contributed by atoms with Crippen molar-refractivity contribution in [2.45, 2.75) is 37.2 Å². The lowest BCUT2D eigenvalue weighted by Crippen LogP contribution is -2.47. The van der Waals surface area contributed by atoms with Crippen LogP contribution >= 0.6 is 11.6 Å². The van der Waals surface area contributed by atoms with Crippen LogP contribution in [0.15, 0.2) is 29.2 Å². The molecule has 22 heavy (non-hydrogen) atoms. The number of hydrogen-bond donors (Lipinski definition) is 3. The number of sulfonamides is 1. The summed E-state index contributed by atoms with van der Waals surface area (Å²) in [7, 11) is -3.87. The Morgan fingerprint density at radius 3 is 2.27 bits per heavy atom. The predicted molar refractivity (Wildman–Crippen MR) is 81.1 cm³/mol. The molecular weight excluding hydrogens is 332 g/mol. The van der Waals surface area contributed by atoms with Crippen LogP contribution in [-0.2, 0) is 19.6 Å². The van der Waals surface area contributed by atoms with Gasteiger partial charge in [-0.2, -0.15) is 4.72 Å². The van der Waals surface area contributed by atoms with E-state index in [0.717, 1.165) is 0 Å². The molecule has 0 fully saturated rings. The van der Waals surface area contributed by atoms with E-state index >= 15 is 0 Å². The standard InChI is InChI=1S/C13H17ClN2O5S/c1-8(7-12(17)18)15-13(19)9(2)16-22(20,21)11-5-3-10(14)4-6-11/h3-6,8-9,16H,7H2,1-2H3,(H,15,19)(H,17,18). The molecule has 0 spiro atoms. The molecule has 1 aromatic rings. The maximum Gasteiger partial charge on any atom is 0.305 e. The van der Waals surface area contributed by atoms with E-state index in [1.165, 1.54) is 38.1 Å². The van der Waals surface area contributed by atoms with E-state index in [1.54, 1.807) is 0 Å². The highest BCUT2D eigenvalue weighted by molar-refractivity contribution is 7.89. The largest absolute Gasteiger partial charge is 0.481 e. The minimum atomic E-state index is -3.87. The van der Waals surface area contributed by atoms with Crippen molar-refractivity contribution in [3.63, 3.8) is 0 Å². The summed E-state index contributed by atoms with van der Waals surface area (Å²) in [5, 5.41) is 11.4. The monoisotopic (exact) mass is 348 g/mol. The van der Waals surface area contributed by atoms with Crippen molar-refractivity contribution in [2.24, 2.45) is 0 Å². The summed E-state index contributed by atoms with van der Waals surface area (Å²) in [6, 6.07) is 3.85. The number of carboxylic acid groups (broad SMARTS) is 1. The molecule has 0 bridgehead atoms. The second-order valence-electron chi connectivity index (χ2n) is 4.80. The number of benzene rings is 1. The van der Waals surface area contributed by atoms with Gasteiger partial charge < -0.3 is 10.4 Å². The molecule has 0 saturated carbocycles. The highest BCUT2D eigenvalue weighted by Gasteiger charge is 2.23. The second-order valence-corrected chi connectivity index (χ2v) is 6.95. The average Bonchev–Trinajstić information content (AvgIpc) is 2.37. The summed E-state index contributed by atoms with van der Waals surface area (Å²) >= 11 is 5.69. The molecular formula is C13H17ClN2O5S. The first kappa shape index (κ1) is 18.4. The van der Waals surface area contributed by atoms with Crippen LogP contribution in [0, 0.1) is 0 Å². The molecule has 1 amide bonds. The molecule has 2 unspecified atom stereocenters. The van der Waals surface area contributed by atoms with Gasteiger partial charge in [0.1, 0.15) is 0 Å². The predicted octanol–water partition coefficient (Wildman–Crippen LogP) is 0.986. The fourth-order valence-corrected chi connectivity index (χ4v) is 2.98. The number of aliphatic carboxylic acids is 1. The number of amides is 1. The fraction of sp³-hybridized carbons (Fsp3) is 0.385. The third-order valence-electron chi connectivity index (χ3n) is 2.72. The van der Waals surface area contributed by atoms with Gasteiger partial charge >= 0.3 is 5.97 Å². The Morgan fingerprint density at radius 1 is 1.23 bits per heavy atom. The summed E-state index contributed by atoms with van der Waals surface area (Å²) < 4.78 is 26.4. The van der Waals surface area contributed by atoms with Gasteiger partial charge in [0, 0.05) is 11.1 Å². The number of carbonyl (C=O) groups is 2. The average molecular weight is 349 g/mol. The van der Waals surface area contributed by atoms with Gasteiger partial charge in [-0.3, -0.25) is 9.59 Å². The summed E-state index contributed by atoms with van der Waals surface area (Å²) in [6.45, 7) is 2.89. The van der Waals surface area contributed by atoms with Crippen LogP contribution < -0.4 is 10.0 Å². The fourth-order valence-electron chi connectivity index (χ4n) is 1.65. The molecule has 2 atom stereocenters. The molecule has 0 radical (unpaired) electrons. The normalized spacial score (nSPS) is 14.1. The number of carboxylic acids is 1. The molecule has 7 nitrogen and oxygen atoms in total. The Hall–Kier alpha value is -1.64. The maximum absolute atomic E-state index is 12.1. The minimum absolute atomic E-state index is 0.0184. The highest BCUT2D eigenvalue weighted by atomic mass is 35.5. The van der Waals surface area contributed by atoms with Gasteiger partial charge in [0.25, 0.3) is 0 Å². The maximum atomic E-state index is 12.1. The van der Waals surface area contributed by atoms with Gasteiger partial charge in [0.05, 0.1) is 17.4 Å². The van der Waals surface area contributed by atoms with Gasteiger partial charge in [-0.15, -0.1) is 0 Å². The molecule has 0 aliphatic rings. The van der Waals surface area contributed by atoms with Crippen LogP contribution in [-0.4, -0.2) is 37.5 Å². The molecule has 0 aliphatic heterocycles. The van der Waals surface area contributed by atoms with Crippen LogP contribution in [0.2, 0.25) is 5.02 Å². The third-order valence-corrected chi connectivity index (χ3v) is 4.53. The van der Waals surface area contributed by atoms with E-state index in [4.69, 9.17) is 16.7 Å². The molecule has 0 aliphatic carbocycles. The first-order valence-electron chi connectivity index (χ1n) is 6.42. The van der Waals surface area contributed by atoms with Crippen molar-refractivity contribution < 1.29 is 23.1 Å². The Morgan fingerprint density at radius 2 is 1.77 bits per heavy atom. The minimum Gasteiger partial charge on any atom is -0.481 e. The van der Waals surface area contributed by atoms with E-state index in [2.05, 4.69) is 10.0 Å². The van der Waals surface area contributed by atoms with Crippen molar-refractivity contribution in [2.75, 3.05) is 0 Å². The zero-order valence-electron chi connectivity index (χ0n) is 12.0. The Balaban J connectivity index is 2.70. The zero-order chi connectivity index (χ0) is 16.9. The van der Waals surface area contributed by atoms with Crippen LogP contribution in [0.25, 0.3) is 0 Å². The van der Waals surface area contributed by atoms with Gasteiger partial charge in [-0.25, -0.2) is 8.42 Å². The first-order valence-corrected chi connectivity index (χ1v) is 8.28. The van der Waals surface area contributed by atoms with Crippen LogP contribution in [0.5, 0.6) is 0 Å². The Labute approximate surface area is 133 Å². The molecule has 9 heteroatoms. The van der Waals surface area contributed by atoms with Crippen molar-refractivity contribution in [3.8, 4) is 0 Å². The third kappa shape index (κ3) is 5.63. The van der Waals surface area contributed by atoms with Crippen LogP contribution in [0.3, 0.4) is 0 Å². The molecule has 3 N–H and O–H groups in total. The Bertz CT molecular complexity index is 645. The van der Waals surface area contributed by atoms with Crippen LogP contribution in [0.4, 0.5) is 0 Å². The van der Waals surface area contributed by atoms with Crippen molar-refractivity contribution in [1.82, 2.24) is 10.0 Å². The van der Waals surface area contributed by atoms with Crippen LogP contribution in [0.1, 0.15) is 20.3 Å². The molecule has 1 rings (SSSR count). The molecule has 0 aromatic heterocycles. The second kappa shape index (κ2) is 7.57. The lowest BCUT2D eigenvalue weighted by molar-refractivity contribution is -0.137. The number of carbonyl (C=O) groups excluding carboxylic acids is 1. The summed E-state index contributed by atoms with van der Waals surface area (Å²) in [4.78, 5) is 22.4. The number of halogens is 1. The van der Waals surface area contributed by atoms with E-state index in [1.807, 2.05) is 0 Å². The van der Waals surface area contributed by atoms with Crippen molar-refractivity contribution in [3.05, 3.63) is 29.3 Å². The number of hydrogen-bond acceptors (Lipinski definition) is 4. The van der Waals surface area contributed by atoms with E-state index in [0.29, 0.717) is 5.02 Å². The molecule has 122 valence electrons. The summed E-state index contributed by atoms with van der Waals surface area (Å²) in [5.41, 5.74) is 0. The summed E-state index contributed by atoms with van der Waals surface area (Å²) in [6.07, 6.45) is -0.248. The van der Waals surface area contributed by atoms with Crippen molar-refractivity contribution >= 4 is 33.5 Å². The zero-order valence-corrected chi connectivity index (χ0v) is 13.6. The lowest BCUT2D eigenvalue weighted by Gasteiger charge is -2.17. The number of rotatable bonds is 7. The lowest BCUT2D eigenvalue weighted by atomic mass is 10.2. The van der Waals surface area contributed by atoms with Gasteiger partial charge in [-0.05, 0) is 38.1 Å². The molecule has 0 saturated heterocycles. The van der Waals surface area contributed by atoms with Gasteiger partial charge in [0.15, 0.2) is 0 Å². The number of nitrogens with one attached hydrogen (secondary N) is 2. The van der Waals surface area contributed by atoms with Gasteiger partial charge in [-0.1, -0.05) is 11.6 Å². The van der Waals surface area contributed by atoms with E-state index < -0.39 is 34.0 Å². The summed E-state index contributed by atoms with van der Waals surface area (Å²) in [5.74, 6) is -1.66. The Kier molecular flexibility index (Phi) is 6.34. The highest BCUT2D eigenvalue weighted by Crippen LogP contribution is 2.14. The SMILES string of the molecule is CC(CC(=O)O)NC(=O)C(C)NS(=O)(=O)c1ccc(Cl)cc1. The first-order chi connectivity index (χ1) is 10.1. The topological polar surface area (TPSA) is 113 Å². The van der Waals surface area contributed by atoms with E-state index in [9.17, 15) is 18.0 Å². The quantitative estimate of drug-likeness (QED) is 0.680. The van der Waals surface area contributed by atoms with Gasteiger partial charge in [0.2, 0.25) is 15.9 Å². The molecule has 1 aromatic carbocycles. The molecule has 0 heterocycles. The van der Waals surface area contributed by atoms with E-state index in [-0.39, 0.29) is 11.3 Å². The smallest absolute Gasteiger partial charge is 0.305 e.